The Morgan fingerprint density at radius 3 is 2.29 bits per heavy atom. The molecule has 0 saturated carbocycles. The second-order valence-corrected chi connectivity index (χ2v) is 10.6. The van der Waals surface area contributed by atoms with Gasteiger partial charge in [-0.3, -0.25) is 13.9 Å². The van der Waals surface area contributed by atoms with Crippen molar-refractivity contribution in [3.8, 4) is 0 Å². The van der Waals surface area contributed by atoms with Gasteiger partial charge in [-0.05, 0) is 51.8 Å². The Kier molecular flexibility index (Phi) is 9.21. The van der Waals surface area contributed by atoms with Gasteiger partial charge in [0.05, 0.1) is 11.9 Å². The zero-order chi connectivity index (χ0) is 25.6. The third-order valence-electron chi connectivity index (χ3n) is 5.77. The van der Waals surface area contributed by atoms with Crippen molar-refractivity contribution in [1.29, 1.82) is 0 Å². The Morgan fingerprint density at radius 2 is 1.74 bits per heavy atom. The Balaban J connectivity index is 2.43. The van der Waals surface area contributed by atoms with Gasteiger partial charge in [0.1, 0.15) is 18.4 Å². The van der Waals surface area contributed by atoms with Crippen LogP contribution in [0.1, 0.15) is 43.9 Å². The van der Waals surface area contributed by atoms with Gasteiger partial charge in [0, 0.05) is 18.2 Å². The van der Waals surface area contributed by atoms with E-state index in [9.17, 15) is 22.4 Å². The van der Waals surface area contributed by atoms with Crippen molar-refractivity contribution in [3.05, 3.63) is 65.0 Å². The number of hydrogen-bond acceptors (Lipinski definition) is 4. The first kappa shape index (κ1) is 27.3. The van der Waals surface area contributed by atoms with Crippen molar-refractivity contribution in [2.45, 2.75) is 59.7 Å². The van der Waals surface area contributed by atoms with Crippen molar-refractivity contribution in [3.63, 3.8) is 0 Å². The van der Waals surface area contributed by atoms with E-state index in [0.29, 0.717) is 17.7 Å². The number of halogens is 1. The molecule has 0 heterocycles. The number of nitrogens with zero attached hydrogens (tertiary/aromatic N) is 2. The molecule has 9 heteroatoms. The van der Waals surface area contributed by atoms with Crippen molar-refractivity contribution in [2.24, 2.45) is 0 Å². The topological polar surface area (TPSA) is 86.8 Å². The van der Waals surface area contributed by atoms with E-state index in [1.807, 2.05) is 26.8 Å². The number of benzene rings is 2. The lowest BCUT2D eigenvalue weighted by atomic mass is 10.1. The summed E-state index contributed by atoms with van der Waals surface area (Å²) in [5, 5.41) is 2.84. The molecule has 2 rings (SSSR count). The number of amides is 2. The number of rotatable bonds is 10. The molecule has 0 aliphatic carbocycles. The van der Waals surface area contributed by atoms with Crippen molar-refractivity contribution < 1.29 is 22.4 Å². The van der Waals surface area contributed by atoms with Gasteiger partial charge >= 0.3 is 0 Å². The number of nitrogens with one attached hydrogen (secondary N) is 1. The Morgan fingerprint density at radius 1 is 1.09 bits per heavy atom. The van der Waals surface area contributed by atoms with E-state index < -0.39 is 40.2 Å². The number of hydrogen-bond donors (Lipinski definition) is 1. The van der Waals surface area contributed by atoms with Gasteiger partial charge in [0.15, 0.2) is 0 Å². The van der Waals surface area contributed by atoms with Crippen LogP contribution >= 0.6 is 0 Å². The highest BCUT2D eigenvalue weighted by Gasteiger charge is 2.31. The van der Waals surface area contributed by atoms with Crippen LogP contribution in [0.4, 0.5) is 10.1 Å². The minimum atomic E-state index is -3.82. The number of carbonyl (C=O) groups is 2. The molecule has 2 aromatic rings. The maximum absolute atomic E-state index is 14.4. The summed E-state index contributed by atoms with van der Waals surface area (Å²) in [5.74, 6) is -1.51. The molecule has 7 nitrogen and oxygen atoms in total. The lowest BCUT2D eigenvalue weighted by Gasteiger charge is -2.32. The highest BCUT2D eigenvalue weighted by Crippen LogP contribution is 2.24. The molecule has 0 aromatic heterocycles. The van der Waals surface area contributed by atoms with Crippen LogP contribution in [-0.4, -0.2) is 50.0 Å². The number of anilines is 1. The average molecular weight is 492 g/mol. The van der Waals surface area contributed by atoms with Gasteiger partial charge in [-0.1, -0.05) is 42.8 Å². The molecule has 0 fully saturated rings. The maximum atomic E-state index is 14.4. The van der Waals surface area contributed by atoms with Gasteiger partial charge in [-0.15, -0.1) is 0 Å². The lowest BCUT2D eigenvalue weighted by Crippen LogP contribution is -2.52. The van der Waals surface area contributed by atoms with E-state index in [1.54, 1.807) is 32.0 Å². The van der Waals surface area contributed by atoms with Gasteiger partial charge in [-0.25, -0.2) is 12.8 Å². The third-order valence-corrected chi connectivity index (χ3v) is 6.89. The van der Waals surface area contributed by atoms with Gasteiger partial charge in [0.25, 0.3) is 0 Å². The molecule has 186 valence electrons. The van der Waals surface area contributed by atoms with Crippen LogP contribution < -0.4 is 9.62 Å². The average Bonchev–Trinajstić information content (AvgIpc) is 2.76. The SMILES string of the molecule is CC[C@H](C)NC(=O)[C@@H](C)N(Cc1ccccc1F)C(=O)CN(c1ccc(C)cc1C)S(C)(=O)=O. The molecule has 0 aliphatic rings. The van der Waals surface area contributed by atoms with Crippen molar-refractivity contribution >= 4 is 27.5 Å². The molecule has 34 heavy (non-hydrogen) atoms. The minimum absolute atomic E-state index is 0.108. The molecule has 0 spiro atoms. The van der Waals surface area contributed by atoms with Gasteiger partial charge < -0.3 is 10.2 Å². The zero-order valence-electron chi connectivity index (χ0n) is 20.6. The van der Waals surface area contributed by atoms with Crippen molar-refractivity contribution in [1.82, 2.24) is 10.2 Å². The number of aryl methyl sites for hydroxylation is 2. The second-order valence-electron chi connectivity index (χ2n) is 8.67. The highest BCUT2D eigenvalue weighted by atomic mass is 32.2. The summed E-state index contributed by atoms with van der Waals surface area (Å²) >= 11 is 0. The predicted octanol–water partition coefficient (Wildman–Crippen LogP) is 3.54. The van der Waals surface area contributed by atoms with E-state index in [-0.39, 0.29) is 18.2 Å². The molecule has 0 radical (unpaired) electrons. The molecule has 0 bridgehead atoms. The monoisotopic (exact) mass is 491 g/mol. The predicted molar refractivity (Wildman–Crippen MR) is 132 cm³/mol. The fourth-order valence-corrected chi connectivity index (χ4v) is 4.45. The summed E-state index contributed by atoms with van der Waals surface area (Å²) in [4.78, 5) is 27.6. The summed E-state index contributed by atoms with van der Waals surface area (Å²) in [6, 6.07) is 10.2. The number of sulfonamides is 1. The third kappa shape index (κ3) is 7.03. The Bertz CT molecular complexity index is 1140. The normalized spacial score (nSPS) is 13.1. The molecule has 1 N–H and O–H groups in total. The summed E-state index contributed by atoms with van der Waals surface area (Å²) in [6.07, 6.45) is 1.73. The van der Waals surface area contributed by atoms with E-state index in [4.69, 9.17) is 0 Å². The zero-order valence-corrected chi connectivity index (χ0v) is 21.4. The largest absolute Gasteiger partial charge is 0.352 e. The summed E-state index contributed by atoms with van der Waals surface area (Å²) in [5.41, 5.74) is 2.26. The Labute approximate surface area is 202 Å². The summed E-state index contributed by atoms with van der Waals surface area (Å²) < 4.78 is 40.7. The van der Waals surface area contributed by atoms with E-state index >= 15 is 0 Å². The van der Waals surface area contributed by atoms with Crippen LogP contribution in [0.15, 0.2) is 42.5 Å². The number of carbonyl (C=O) groups excluding carboxylic acids is 2. The van der Waals surface area contributed by atoms with Crippen molar-refractivity contribution in [2.75, 3.05) is 17.1 Å². The van der Waals surface area contributed by atoms with Crippen LogP contribution in [0.2, 0.25) is 0 Å². The summed E-state index contributed by atoms with van der Waals surface area (Å²) in [7, 11) is -3.82. The summed E-state index contributed by atoms with van der Waals surface area (Å²) in [6.45, 7) is 8.29. The van der Waals surface area contributed by atoms with E-state index in [1.165, 1.54) is 23.1 Å². The standard InChI is InChI=1S/C25H34FN3O4S/c1-7-19(4)27-25(31)20(5)28(15-21-10-8-9-11-22(21)26)24(30)16-29(34(6,32)33)23-13-12-17(2)14-18(23)3/h8-14,19-20H,7,15-16H2,1-6H3,(H,27,31)/t19-,20+/m0/s1. The molecule has 0 saturated heterocycles. The molecule has 0 aliphatic heterocycles. The maximum Gasteiger partial charge on any atom is 0.244 e. The smallest absolute Gasteiger partial charge is 0.244 e. The Hall–Kier alpha value is -2.94. The first-order chi connectivity index (χ1) is 15.8. The van der Waals surface area contributed by atoms with Crippen LogP contribution in [0.5, 0.6) is 0 Å². The van der Waals surface area contributed by atoms with E-state index in [2.05, 4.69) is 5.32 Å². The molecular formula is C25H34FN3O4S. The van der Waals surface area contributed by atoms with Crippen LogP contribution in [0.25, 0.3) is 0 Å². The first-order valence-corrected chi connectivity index (χ1v) is 13.1. The van der Waals surface area contributed by atoms with Crippen LogP contribution in [0.3, 0.4) is 0 Å². The molecule has 2 amide bonds. The fourth-order valence-electron chi connectivity index (χ4n) is 3.54. The fraction of sp³-hybridized carbons (Fsp3) is 0.440. The van der Waals surface area contributed by atoms with E-state index in [0.717, 1.165) is 16.1 Å². The molecular weight excluding hydrogens is 457 g/mol. The van der Waals surface area contributed by atoms with Gasteiger partial charge in [-0.2, -0.15) is 0 Å². The van der Waals surface area contributed by atoms with Crippen LogP contribution in [-0.2, 0) is 26.2 Å². The molecule has 2 atom stereocenters. The lowest BCUT2D eigenvalue weighted by molar-refractivity contribution is -0.139. The van der Waals surface area contributed by atoms with Gasteiger partial charge in [0.2, 0.25) is 21.8 Å². The molecule has 2 aromatic carbocycles. The highest BCUT2D eigenvalue weighted by molar-refractivity contribution is 7.92. The quantitative estimate of drug-likeness (QED) is 0.551. The van der Waals surface area contributed by atoms with Crippen LogP contribution in [0, 0.1) is 19.7 Å². The minimum Gasteiger partial charge on any atom is -0.352 e. The second kappa shape index (κ2) is 11.5. The first-order valence-electron chi connectivity index (χ1n) is 11.2. The molecule has 0 unspecified atom stereocenters.